The highest BCUT2D eigenvalue weighted by Gasteiger charge is 2.34. The van der Waals surface area contributed by atoms with Crippen molar-refractivity contribution < 1.29 is 28.5 Å². The molecule has 39 heavy (non-hydrogen) atoms. The van der Waals surface area contributed by atoms with Crippen molar-refractivity contribution in [3.05, 3.63) is 80.6 Å². The van der Waals surface area contributed by atoms with E-state index >= 15 is 0 Å². The lowest BCUT2D eigenvalue weighted by molar-refractivity contribution is -0.135. The van der Waals surface area contributed by atoms with E-state index in [1.165, 1.54) is 31.1 Å². The van der Waals surface area contributed by atoms with Gasteiger partial charge in [0, 0.05) is 31.6 Å². The number of aryl methyl sites for hydroxylation is 2. The average molecular weight is 529 g/mol. The molecule has 0 saturated heterocycles. The number of aromatic hydroxyl groups is 1. The van der Waals surface area contributed by atoms with Gasteiger partial charge >= 0.3 is 11.7 Å². The van der Waals surface area contributed by atoms with Crippen LogP contribution in [-0.2, 0) is 18.9 Å². The van der Waals surface area contributed by atoms with Crippen LogP contribution in [0.25, 0.3) is 33.1 Å². The van der Waals surface area contributed by atoms with Gasteiger partial charge in [0.05, 0.1) is 37.2 Å². The highest BCUT2D eigenvalue weighted by Crippen LogP contribution is 2.46. The van der Waals surface area contributed by atoms with Gasteiger partial charge in [-0.15, -0.1) is 0 Å². The van der Waals surface area contributed by atoms with Crippen LogP contribution in [0, 0.1) is 0 Å². The molecule has 1 aliphatic heterocycles. The maximum absolute atomic E-state index is 13.7. The van der Waals surface area contributed by atoms with E-state index in [9.17, 15) is 19.5 Å². The lowest BCUT2D eigenvalue weighted by Crippen LogP contribution is -2.22. The molecule has 5 aromatic rings. The molecule has 198 valence electrons. The molecular weight excluding hydrogens is 504 g/mol. The summed E-state index contributed by atoms with van der Waals surface area (Å²) in [5.41, 5.74) is 2.86. The summed E-state index contributed by atoms with van der Waals surface area (Å²) in [4.78, 5) is 38.8. The molecule has 0 radical (unpaired) electrons. The molecule has 10 nitrogen and oxygen atoms in total. The van der Waals surface area contributed by atoms with Crippen LogP contribution in [0.4, 0.5) is 0 Å². The summed E-state index contributed by atoms with van der Waals surface area (Å²) in [7, 11) is 6.38. The molecule has 1 atom stereocenters. The van der Waals surface area contributed by atoms with E-state index in [1.807, 2.05) is 18.2 Å². The van der Waals surface area contributed by atoms with Gasteiger partial charge in [-0.1, -0.05) is 12.1 Å². The number of hydrogen-bond donors (Lipinski definition) is 1. The fraction of sp³-hybridized carbons (Fsp3) is 0.207. The molecule has 3 heterocycles. The minimum Gasteiger partial charge on any atom is -0.507 e. The van der Waals surface area contributed by atoms with E-state index in [2.05, 4.69) is 0 Å². The summed E-state index contributed by atoms with van der Waals surface area (Å²) < 4.78 is 25.2. The summed E-state index contributed by atoms with van der Waals surface area (Å²) in [5, 5.41) is 10.8. The quantitative estimate of drug-likeness (QED) is 0.276. The second kappa shape index (κ2) is 8.80. The number of esters is 1. The molecule has 1 N–H and O–H groups in total. The molecule has 0 spiro atoms. The van der Waals surface area contributed by atoms with Gasteiger partial charge in [-0.25, -0.2) is 4.79 Å². The number of carbonyl (C=O) groups is 1. The number of nitrogens with zero attached hydrogens (tertiary/aromatic N) is 2. The zero-order valence-electron chi connectivity index (χ0n) is 21.6. The average Bonchev–Trinajstić information content (AvgIpc) is 3.15. The zero-order valence-corrected chi connectivity index (χ0v) is 21.6. The molecule has 0 saturated carbocycles. The van der Waals surface area contributed by atoms with Gasteiger partial charge in [-0.2, -0.15) is 0 Å². The first kappa shape index (κ1) is 24.4. The van der Waals surface area contributed by atoms with Crippen LogP contribution in [-0.4, -0.2) is 34.4 Å². The van der Waals surface area contributed by atoms with E-state index in [0.717, 1.165) is 11.1 Å². The SMILES string of the molecule is COc1ccc(-c2coc3c4c(cc(O)c3c2=O)OC(=O)CC4c2ccc3c(c2)n(C)c(=O)n3C)cc1OC. The smallest absolute Gasteiger partial charge is 0.328 e. The van der Waals surface area contributed by atoms with Crippen LogP contribution in [0.15, 0.2) is 62.7 Å². The second-order valence-corrected chi connectivity index (χ2v) is 9.44. The number of phenols is 1. The Morgan fingerprint density at radius 3 is 2.41 bits per heavy atom. The Bertz CT molecular complexity index is 1950. The number of imidazole rings is 1. The molecule has 0 fully saturated rings. The van der Waals surface area contributed by atoms with Gasteiger partial charge < -0.3 is 23.7 Å². The van der Waals surface area contributed by atoms with Crippen molar-refractivity contribution in [1.29, 1.82) is 0 Å². The number of ether oxygens (including phenoxy) is 3. The summed E-state index contributed by atoms with van der Waals surface area (Å²) >= 11 is 0. The van der Waals surface area contributed by atoms with E-state index < -0.39 is 17.3 Å². The highest BCUT2D eigenvalue weighted by atomic mass is 16.5. The fourth-order valence-corrected chi connectivity index (χ4v) is 5.36. The lowest BCUT2D eigenvalue weighted by Gasteiger charge is -2.26. The molecule has 2 aromatic heterocycles. The lowest BCUT2D eigenvalue weighted by atomic mass is 9.84. The summed E-state index contributed by atoms with van der Waals surface area (Å²) in [6, 6.07) is 11.8. The largest absolute Gasteiger partial charge is 0.507 e. The standard InChI is InChI=1S/C29H24N2O8/c1-30-18-7-5-14(9-19(18)31(2)29(30)35)16-11-24(33)39-23-12-20(32)26-27(34)17(13-38-28(26)25(16)23)15-6-8-21(36-3)22(10-15)37-4/h5-10,12-13,16,32H,11H2,1-4H3. The van der Waals surface area contributed by atoms with Crippen molar-refractivity contribution in [2.75, 3.05) is 14.2 Å². The predicted molar refractivity (Wildman–Crippen MR) is 143 cm³/mol. The van der Waals surface area contributed by atoms with Crippen molar-refractivity contribution in [1.82, 2.24) is 9.13 Å². The van der Waals surface area contributed by atoms with E-state index in [1.54, 1.807) is 36.9 Å². The van der Waals surface area contributed by atoms with E-state index in [0.29, 0.717) is 28.1 Å². The van der Waals surface area contributed by atoms with Crippen molar-refractivity contribution in [3.8, 4) is 34.1 Å². The fourth-order valence-electron chi connectivity index (χ4n) is 5.36. The van der Waals surface area contributed by atoms with Crippen molar-refractivity contribution in [2.45, 2.75) is 12.3 Å². The minimum absolute atomic E-state index is 0.0136. The summed E-state index contributed by atoms with van der Waals surface area (Å²) in [6.07, 6.45) is 1.31. The van der Waals surface area contributed by atoms with Crippen molar-refractivity contribution >= 4 is 28.0 Å². The Morgan fingerprint density at radius 1 is 0.923 bits per heavy atom. The Kier molecular flexibility index (Phi) is 5.49. The first-order valence-corrected chi connectivity index (χ1v) is 12.1. The third-order valence-electron chi connectivity index (χ3n) is 7.36. The number of hydrogen-bond acceptors (Lipinski definition) is 8. The maximum atomic E-state index is 13.7. The maximum Gasteiger partial charge on any atom is 0.328 e. The third kappa shape index (κ3) is 3.59. The summed E-state index contributed by atoms with van der Waals surface area (Å²) in [6.45, 7) is 0. The monoisotopic (exact) mass is 528 g/mol. The topological polar surface area (TPSA) is 122 Å². The number of fused-ring (bicyclic) bond motifs is 4. The zero-order chi connectivity index (χ0) is 27.6. The predicted octanol–water partition coefficient (Wildman–Crippen LogP) is 3.81. The molecule has 10 heteroatoms. The number of phenolic OH excluding ortho intramolecular Hbond substituents is 1. The van der Waals surface area contributed by atoms with Gasteiger partial charge in [0.25, 0.3) is 0 Å². The van der Waals surface area contributed by atoms with Crippen LogP contribution in [0.2, 0.25) is 0 Å². The first-order chi connectivity index (χ1) is 18.7. The van der Waals surface area contributed by atoms with Gasteiger partial charge in [-0.05, 0) is 35.4 Å². The number of carbonyl (C=O) groups excluding carboxylic acids is 1. The van der Waals surface area contributed by atoms with E-state index in [-0.39, 0.29) is 40.1 Å². The Balaban J connectivity index is 1.58. The van der Waals surface area contributed by atoms with Crippen LogP contribution in [0.3, 0.4) is 0 Å². The third-order valence-corrected chi connectivity index (χ3v) is 7.36. The van der Waals surface area contributed by atoms with Gasteiger partial charge in [0.1, 0.15) is 28.7 Å². The Hall–Kier alpha value is -4.99. The van der Waals surface area contributed by atoms with Gasteiger partial charge in [0.15, 0.2) is 11.5 Å². The first-order valence-electron chi connectivity index (χ1n) is 12.1. The molecule has 0 amide bonds. The Labute approximate surface area is 221 Å². The highest BCUT2D eigenvalue weighted by molar-refractivity contribution is 5.94. The number of aromatic nitrogens is 2. The normalized spacial score (nSPS) is 14.9. The molecule has 3 aromatic carbocycles. The molecule has 1 unspecified atom stereocenters. The summed E-state index contributed by atoms with van der Waals surface area (Å²) in [5.74, 6) is -0.348. The van der Waals surface area contributed by atoms with Crippen LogP contribution >= 0.6 is 0 Å². The molecule has 1 aliphatic rings. The van der Waals surface area contributed by atoms with Crippen LogP contribution in [0.1, 0.15) is 23.5 Å². The number of methoxy groups -OCH3 is 2. The van der Waals surface area contributed by atoms with Crippen LogP contribution in [0.5, 0.6) is 23.0 Å². The molecular formula is C29H24N2O8. The number of rotatable bonds is 4. The van der Waals surface area contributed by atoms with Gasteiger partial charge in [-0.3, -0.25) is 18.7 Å². The molecule has 0 aliphatic carbocycles. The van der Waals surface area contributed by atoms with Gasteiger partial charge in [0.2, 0.25) is 5.43 Å². The second-order valence-electron chi connectivity index (χ2n) is 9.44. The van der Waals surface area contributed by atoms with Crippen molar-refractivity contribution in [2.24, 2.45) is 14.1 Å². The molecule has 6 rings (SSSR count). The van der Waals surface area contributed by atoms with Crippen molar-refractivity contribution in [3.63, 3.8) is 0 Å². The van der Waals surface area contributed by atoms with E-state index in [4.69, 9.17) is 18.6 Å². The van der Waals surface area contributed by atoms with Crippen LogP contribution < -0.4 is 25.3 Å². The molecule has 0 bridgehead atoms. The number of benzene rings is 3. The minimum atomic E-state index is -0.542. The Morgan fingerprint density at radius 2 is 1.67 bits per heavy atom.